The lowest BCUT2D eigenvalue weighted by Gasteiger charge is -2.11. The van der Waals surface area contributed by atoms with Crippen LogP contribution < -0.4 is 10.6 Å². The maximum atomic E-state index is 11.9. The standard InChI is InChI=1S/C17H19N3O/c1-12(2)14-8-7-13(3)16(10-14)20-17(21)19-11-15-6-4-5-9-18-15/h4-10H,1,11H2,2-3H3,(H2,19,20,21). The smallest absolute Gasteiger partial charge is 0.319 e. The Kier molecular flexibility index (Phi) is 4.72. The molecule has 4 nitrogen and oxygen atoms in total. The Bertz CT molecular complexity index is 650. The number of aryl methyl sites for hydroxylation is 1. The number of hydrogen-bond donors (Lipinski definition) is 2. The van der Waals surface area contributed by atoms with Crippen LogP contribution in [0.4, 0.5) is 10.5 Å². The van der Waals surface area contributed by atoms with E-state index in [9.17, 15) is 4.79 Å². The van der Waals surface area contributed by atoms with E-state index in [0.717, 1.165) is 28.1 Å². The minimum atomic E-state index is -0.248. The Hall–Kier alpha value is -2.62. The highest BCUT2D eigenvalue weighted by Gasteiger charge is 2.06. The molecule has 2 rings (SSSR count). The van der Waals surface area contributed by atoms with Gasteiger partial charge in [-0.25, -0.2) is 4.79 Å². The SMILES string of the molecule is C=C(C)c1ccc(C)c(NC(=O)NCc2ccccn2)c1. The molecular weight excluding hydrogens is 262 g/mol. The minimum absolute atomic E-state index is 0.248. The summed E-state index contributed by atoms with van der Waals surface area (Å²) < 4.78 is 0. The van der Waals surface area contributed by atoms with E-state index >= 15 is 0 Å². The summed E-state index contributed by atoms with van der Waals surface area (Å²) in [5.74, 6) is 0. The third-order valence-electron chi connectivity index (χ3n) is 3.13. The van der Waals surface area contributed by atoms with Crippen molar-refractivity contribution in [3.05, 3.63) is 66.0 Å². The van der Waals surface area contributed by atoms with Gasteiger partial charge in [0.1, 0.15) is 0 Å². The third-order valence-corrected chi connectivity index (χ3v) is 3.13. The van der Waals surface area contributed by atoms with E-state index in [1.807, 2.05) is 50.2 Å². The molecule has 0 aliphatic carbocycles. The van der Waals surface area contributed by atoms with Crippen molar-refractivity contribution in [2.24, 2.45) is 0 Å². The monoisotopic (exact) mass is 281 g/mol. The molecule has 0 atom stereocenters. The Balaban J connectivity index is 1.99. The average molecular weight is 281 g/mol. The number of urea groups is 1. The highest BCUT2D eigenvalue weighted by molar-refractivity contribution is 5.90. The molecule has 0 fully saturated rings. The zero-order chi connectivity index (χ0) is 15.2. The summed E-state index contributed by atoms with van der Waals surface area (Å²) in [5.41, 5.74) is 4.59. The van der Waals surface area contributed by atoms with E-state index in [1.165, 1.54) is 0 Å². The number of amides is 2. The number of rotatable bonds is 4. The molecule has 2 amide bonds. The topological polar surface area (TPSA) is 54.0 Å². The number of anilines is 1. The van der Waals surface area contributed by atoms with E-state index in [0.29, 0.717) is 6.54 Å². The second-order valence-electron chi connectivity index (χ2n) is 4.94. The maximum absolute atomic E-state index is 11.9. The second kappa shape index (κ2) is 6.70. The van der Waals surface area contributed by atoms with E-state index in [-0.39, 0.29) is 6.03 Å². The molecule has 0 unspecified atom stereocenters. The van der Waals surface area contributed by atoms with Crippen molar-refractivity contribution >= 4 is 17.3 Å². The van der Waals surface area contributed by atoms with Crippen LogP contribution >= 0.6 is 0 Å². The number of nitrogens with zero attached hydrogens (tertiary/aromatic N) is 1. The summed E-state index contributed by atoms with van der Waals surface area (Å²) in [6.07, 6.45) is 1.70. The molecule has 0 saturated carbocycles. The summed E-state index contributed by atoms with van der Waals surface area (Å²) in [6.45, 7) is 8.20. The lowest BCUT2D eigenvalue weighted by Crippen LogP contribution is -2.28. The van der Waals surface area contributed by atoms with Crippen LogP contribution in [0.2, 0.25) is 0 Å². The fourth-order valence-corrected chi connectivity index (χ4v) is 1.86. The van der Waals surface area contributed by atoms with Gasteiger partial charge < -0.3 is 10.6 Å². The van der Waals surface area contributed by atoms with Crippen molar-refractivity contribution in [2.45, 2.75) is 20.4 Å². The molecule has 0 spiro atoms. The van der Waals surface area contributed by atoms with Gasteiger partial charge in [-0.05, 0) is 43.2 Å². The molecule has 1 aromatic heterocycles. The fourth-order valence-electron chi connectivity index (χ4n) is 1.86. The van der Waals surface area contributed by atoms with Crippen molar-refractivity contribution in [3.63, 3.8) is 0 Å². The first-order valence-corrected chi connectivity index (χ1v) is 6.77. The van der Waals surface area contributed by atoms with E-state index in [2.05, 4.69) is 22.2 Å². The summed E-state index contributed by atoms with van der Waals surface area (Å²) >= 11 is 0. The first kappa shape index (κ1) is 14.8. The van der Waals surface area contributed by atoms with Gasteiger partial charge in [-0.2, -0.15) is 0 Å². The number of benzene rings is 1. The lowest BCUT2D eigenvalue weighted by atomic mass is 10.1. The summed E-state index contributed by atoms with van der Waals surface area (Å²) in [7, 11) is 0. The zero-order valence-electron chi connectivity index (χ0n) is 12.3. The number of carbonyl (C=O) groups excluding carboxylic acids is 1. The van der Waals surface area contributed by atoms with Crippen molar-refractivity contribution in [1.82, 2.24) is 10.3 Å². The van der Waals surface area contributed by atoms with Gasteiger partial charge in [-0.3, -0.25) is 4.98 Å². The normalized spacial score (nSPS) is 10.0. The van der Waals surface area contributed by atoms with Crippen LogP contribution in [0.5, 0.6) is 0 Å². The second-order valence-corrected chi connectivity index (χ2v) is 4.94. The summed E-state index contributed by atoms with van der Waals surface area (Å²) in [4.78, 5) is 16.1. The van der Waals surface area contributed by atoms with Crippen molar-refractivity contribution in [2.75, 3.05) is 5.32 Å². The van der Waals surface area contributed by atoms with Crippen molar-refractivity contribution < 1.29 is 4.79 Å². The van der Waals surface area contributed by atoms with Crippen molar-refractivity contribution in [3.8, 4) is 0 Å². The summed E-state index contributed by atoms with van der Waals surface area (Å²) in [5, 5.41) is 5.65. The van der Waals surface area contributed by atoms with Gasteiger partial charge >= 0.3 is 6.03 Å². The third kappa shape index (κ3) is 4.18. The number of aromatic nitrogens is 1. The Morgan fingerprint density at radius 3 is 2.76 bits per heavy atom. The molecule has 1 heterocycles. The number of pyridine rings is 1. The molecule has 0 saturated heterocycles. The van der Waals surface area contributed by atoms with Gasteiger partial charge in [0.25, 0.3) is 0 Å². The van der Waals surface area contributed by atoms with E-state index < -0.39 is 0 Å². The predicted octanol–water partition coefficient (Wildman–Crippen LogP) is 3.74. The molecular formula is C17H19N3O. The average Bonchev–Trinajstić information content (AvgIpc) is 2.48. The highest BCUT2D eigenvalue weighted by atomic mass is 16.2. The molecule has 1 aromatic carbocycles. The minimum Gasteiger partial charge on any atom is -0.332 e. The van der Waals surface area contributed by atoms with Gasteiger partial charge in [-0.1, -0.05) is 30.4 Å². The molecule has 0 radical (unpaired) electrons. The van der Waals surface area contributed by atoms with Crippen LogP contribution in [-0.4, -0.2) is 11.0 Å². The lowest BCUT2D eigenvalue weighted by molar-refractivity contribution is 0.251. The number of carbonyl (C=O) groups is 1. The molecule has 2 N–H and O–H groups in total. The van der Waals surface area contributed by atoms with Crippen molar-refractivity contribution in [1.29, 1.82) is 0 Å². The fraction of sp³-hybridized carbons (Fsp3) is 0.176. The highest BCUT2D eigenvalue weighted by Crippen LogP contribution is 2.21. The predicted molar refractivity (Wildman–Crippen MR) is 86.0 cm³/mol. The van der Waals surface area contributed by atoms with Crippen LogP contribution in [0.25, 0.3) is 5.57 Å². The first-order valence-electron chi connectivity index (χ1n) is 6.77. The van der Waals surface area contributed by atoms with Crippen LogP contribution in [-0.2, 0) is 6.54 Å². The van der Waals surface area contributed by atoms with Crippen LogP contribution in [0.1, 0.15) is 23.7 Å². The number of hydrogen-bond acceptors (Lipinski definition) is 2. The molecule has 2 aromatic rings. The molecule has 4 heteroatoms. The Labute approximate surface area is 124 Å². The van der Waals surface area contributed by atoms with Crippen LogP contribution in [0.3, 0.4) is 0 Å². The quantitative estimate of drug-likeness (QED) is 0.897. The van der Waals surface area contributed by atoms with Gasteiger partial charge in [0.05, 0.1) is 12.2 Å². The van der Waals surface area contributed by atoms with Gasteiger partial charge in [0.2, 0.25) is 0 Å². The summed E-state index contributed by atoms with van der Waals surface area (Å²) in [6, 6.07) is 11.2. The van der Waals surface area contributed by atoms with Gasteiger partial charge in [-0.15, -0.1) is 0 Å². The molecule has 108 valence electrons. The van der Waals surface area contributed by atoms with Crippen LogP contribution in [0.15, 0.2) is 49.2 Å². The largest absolute Gasteiger partial charge is 0.332 e. The Morgan fingerprint density at radius 1 is 1.29 bits per heavy atom. The molecule has 21 heavy (non-hydrogen) atoms. The van der Waals surface area contributed by atoms with Gasteiger partial charge in [0.15, 0.2) is 0 Å². The number of allylic oxidation sites excluding steroid dienone is 1. The van der Waals surface area contributed by atoms with E-state index in [4.69, 9.17) is 0 Å². The van der Waals surface area contributed by atoms with Gasteiger partial charge in [0, 0.05) is 11.9 Å². The van der Waals surface area contributed by atoms with Crippen LogP contribution in [0, 0.1) is 6.92 Å². The molecule has 0 bridgehead atoms. The van der Waals surface area contributed by atoms with E-state index in [1.54, 1.807) is 6.20 Å². The molecule has 0 aliphatic heterocycles. The maximum Gasteiger partial charge on any atom is 0.319 e. The zero-order valence-corrected chi connectivity index (χ0v) is 12.3. The first-order chi connectivity index (χ1) is 10.1. The number of nitrogens with one attached hydrogen (secondary N) is 2. The Morgan fingerprint density at radius 2 is 2.10 bits per heavy atom. The molecule has 0 aliphatic rings.